The van der Waals surface area contributed by atoms with E-state index in [0.29, 0.717) is 0 Å². The van der Waals surface area contributed by atoms with Crippen LogP contribution >= 0.6 is 0 Å². The van der Waals surface area contributed by atoms with E-state index in [1.54, 1.807) is 13.8 Å². The molecule has 9 heteroatoms. The Bertz CT molecular complexity index is 352. The molecule has 0 aromatic rings. The molecule has 0 aliphatic carbocycles. The average Bonchev–Trinajstić information content (AvgIpc) is 2.56. The Morgan fingerprint density at radius 1 is 1.08 bits per heavy atom. The molecule has 6 N–H and O–H groups in total. The summed E-state index contributed by atoms with van der Waals surface area (Å²) in [6.07, 6.45) is -7.89. The smallest absolute Gasteiger partial charge is 0.163 e. The summed E-state index contributed by atoms with van der Waals surface area (Å²) in [7, 11) is 0. The molecule has 1 fully saturated rings. The van der Waals surface area contributed by atoms with E-state index in [2.05, 4.69) is 0 Å². The van der Waals surface area contributed by atoms with Gasteiger partial charge >= 0.3 is 0 Å². The van der Waals surface area contributed by atoms with E-state index in [9.17, 15) is 25.5 Å². The van der Waals surface area contributed by atoms with Crippen molar-refractivity contribution in [2.45, 2.75) is 69.8 Å². The van der Waals surface area contributed by atoms with E-state index >= 15 is 0 Å². The molecule has 3 unspecified atom stereocenters. The molecule has 1 aliphatic rings. The highest BCUT2D eigenvalue weighted by Crippen LogP contribution is 2.26. The summed E-state index contributed by atoms with van der Waals surface area (Å²) in [5.74, 6) is -0.522. The molecule has 9 nitrogen and oxygen atoms in total. The predicted molar refractivity (Wildman–Crippen MR) is 82.0 cm³/mol. The lowest BCUT2D eigenvalue weighted by Gasteiger charge is -2.41. The molecule has 1 saturated heterocycles. The van der Waals surface area contributed by atoms with Crippen molar-refractivity contribution in [2.24, 2.45) is 5.92 Å². The number of aliphatic hydroxyl groups is 6. The first-order valence-electron chi connectivity index (χ1n) is 8.09. The number of ether oxygens (including phenoxy) is 3. The molecule has 0 saturated carbocycles. The van der Waals surface area contributed by atoms with Crippen LogP contribution in [-0.4, -0.2) is 99.5 Å². The van der Waals surface area contributed by atoms with Gasteiger partial charge in [-0.1, -0.05) is 6.92 Å². The van der Waals surface area contributed by atoms with Crippen LogP contribution in [0, 0.1) is 5.92 Å². The van der Waals surface area contributed by atoms with Crippen LogP contribution in [0.15, 0.2) is 0 Å². The molecule has 0 bridgehead atoms. The van der Waals surface area contributed by atoms with Gasteiger partial charge in [0.15, 0.2) is 6.29 Å². The summed E-state index contributed by atoms with van der Waals surface area (Å²) in [4.78, 5) is 0. The van der Waals surface area contributed by atoms with Gasteiger partial charge in [-0.15, -0.1) is 0 Å². The first-order valence-corrected chi connectivity index (χ1v) is 8.09. The average molecular weight is 354 g/mol. The molecule has 1 rings (SSSR count). The number of hydrogen-bond donors (Lipinski definition) is 6. The van der Waals surface area contributed by atoms with Gasteiger partial charge in [-0.05, 0) is 13.8 Å². The van der Waals surface area contributed by atoms with Crippen LogP contribution in [0.4, 0.5) is 0 Å². The summed E-state index contributed by atoms with van der Waals surface area (Å²) < 4.78 is 16.4. The Hall–Kier alpha value is -0.360. The van der Waals surface area contributed by atoms with Gasteiger partial charge in [-0.2, -0.15) is 0 Å². The quantitative estimate of drug-likeness (QED) is 0.266. The maximum absolute atomic E-state index is 9.95. The Morgan fingerprint density at radius 3 is 2.21 bits per heavy atom. The summed E-state index contributed by atoms with van der Waals surface area (Å²) in [5, 5.41) is 57.2. The molecule has 144 valence electrons. The number of rotatable bonds is 9. The van der Waals surface area contributed by atoms with Crippen molar-refractivity contribution in [1.82, 2.24) is 0 Å². The van der Waals surface area contributed by atoms with E-state index in [4.69, 9.17) is 19.3 Å². The maximum atomic E-state index is 9.95. The zero-order valence-electron chi connectivity index (χ0n) is 14.2. The van der Waals surface area contributed by atoms with Crippen molar-refractivity contribution in [1.29, 1.82) is 0 Å². The fourth-order valence-corrected chi connectivity index (χ4v) is 2.52. The van der Waals surface area contributed by atoms with Crippen molar-refractivity contribution in [3.05, 3.63) is 0 Å². The molecule has 1 aliphatic heterocycles. The van der Waals surface area contributed by atoms with Gasteiger partial charge in [-0.25, -0.2) is 0 Å². The molecular formula is C15H30O9. The Balaban J connectivity index is 2.52. The van der Waals surface area contributed by atoms with Gasteiger partial charge < -0.3 is 44.8 Å². The largest absolute Gasteiger partial charge is 0.394 e. The lowest BCUT2D eigenvalue weighted by atomic mass is 9.92. The number of hydrogen-bond acceptors (Lipinski definition) is 9. The molecule has 0 spiro atoms. The van der Waals surface area contributed by atoms with Gasteiger partial charge in [0.1, 0.15) is 24.4 Å². The maximum Gasteiger partial charge on any atom is 0.163 e. The van der Waals surface area contributed by atoms with Crippen molar-refractivity contribution < 1.29 is 44.8 Å². The fraction of sp³-hybridized carbons (Fsp3) is 1.00. The third-order valence-corrected chi connectivity index (χ3v) is 4.15. The van der Waals surface area contributed by atoms with Gasteiger partial charge in [0.25, 0.3) is 0 Å². The van der Waals surface area contributed by atoms with Crippen LogP contribution in [-0.2, 0) is 14.2 Å². The van der Waals surface area contributed by atoms with Crippen LogP contribution in [0.5, 0.6) is 0 Å². The summed E-state index contributed by atoms with van der Waals surface area (Å²) >= 11 is 0. The SMILES string of the molecule is CC1C(O)[C@H](O)[C@H](CO)O[C@H]1OC[C@@H](C)OC(CO)[C@@H](O)[C@@H](C)O. The molecule has 0 aromatic carbocycles. The van der Waals surface area contributed by atoms with E-state index in [1.165, 1.54) is 6.92 Å². The minimum absolute atomic E-state index is 0.0268. The van der Waals surface area contributed by atoms with Crippen LogP contribution in [0.2, 0.25) is 0 Å². The van der Waals surface area contributed by atoms with Crippen molar-refractivity contribution in [3.63, 3.8) is 0 Å². The Kier molecular flexibility index (Phi) is 8.99. The van der Waals surface area contributed by atoms with Crippen LogP contribution in [0.3, 0.4) is 0 Å². The Labute approximate surface area is 141 Å². The summed E-state index contributed by atoms with van der Waals surface area (Å²) in [6.45, 7) is 3.79. The van der Waals surface area contributed by atoms with Crippen LogP contribution in [0.25, 0.3) is 0 Å². The van der Waals surface area contributed by atoms with Gasteiger partial charge in [0, 0.05) is 5.92 Å². The third-order valence-electron chi connectivity index (χ3n) is 4.15. The van der Waals surface area contributed by atoms with Crippen LogP contribution in [0.1, 0.15) is 20.8 Å². The van der Waals surface area contributed by atoms with Gasteiger partial charge in [0.05, 0.1) is 38.1 Å². The lowest BCUT2D eigenvalue weighted by molar-refractivity contribution is -0.288. The van der Waals surface area contributed by atoms with E-state index in [0.717, 1.165) is 0 Å². The first kappa shape index (κ1) is 21.7. The molecule has 24 heavy (non-hydrogen) atoms. The van der Waals surface area contributed by atoms with E-state index in [1.807, 2.05) is 0 Å². The number of aliphatic hydroxyl groups excluding tert-OH is 6. The second-order valence-electron chi connectivity index (χ2n) is 6.30. The fourth-order valence-electron chi connectivity index (χ4n) is 2.52. The topological polar surface area (TPSA) is 149 Å². The normalized spacial score (nSPS) is 36.1. The summed E-state index contributed by atoms with van der Waals surface area (Å²) in [5.41, 5.74) is 0. The predicted octanol–water partition coefficient (Wildman–Crippen LogP) is -2.41. The van der Waals surface area contributed by atoms with Crippen molar-refractivity contribution in [3.8, 4) is 0 Å². The second kappa shape index (κ2) is 9.95. The second-order valence-corrected chi connectivity index (χ2v) is 6.30. The molecule has 1 heterocycles. The minimum Gasteiger partial charge on any atom is -0.394 e. The molecule has 9 atom stereocenters. The van der Waals surface area contributed by atoms with E-state index in [-0.39, 0.29) is 6.61 Å². The first-order chi connectivity index (χ1) is 11.2. The van der Waals surface area contributed by atoms with E-state index < -0.39 is 68.1 Å². The molecular weight excluding hydrogens is 324 g/mol. The molecule has 0 aromatic heterocycles. The van der Waals surface area contributed by atoms with Crippen molar-refractivity contribution in [2.75, 3.05) is 19.8 Å². The minimum atomic E-state index is -1.24. The van der Waals surface area contributed by atoms with Crippen LogP contribution < -0.4 is 0 Å². The monoisotopic (exact) mass is 354 g/mol. The van der Waals surface area contributed by atoms with Gasteiger partial charge in [-0.3, -0.25) is 0 Å². The highest BCUT2D eigenvalue weighted by atomic mass is 16.7. The molecule has 0 amide bonds. The highest BCUT2D eigenvalue weighted by Gasteiger charge is 2.42. The zero-order chi connectivity index (χ0) is 18.4. The lowest BCUT2D eigenvalue weighted by Crippen LogP contribution is -2.55. The zero-order valence-corrected chi connectivity index (χ0v) is 14.2. The third kappa shape index (κ3) is 5.58. The summed E-state index contributed by atoms with van der Waals surface area (Å²) in [6, 6.07) is 0. The highest BCUT2D eigenvalue weighted by molar-refractivity contribution is 4.87. The Morgan fingerprint density at radius 2 is 1.71 bits per heavy atom. The van der Waals surface area contributed by atoms with Gasteiger partial charge in [0.2, 0.25) is 0 Å². The standard InChI is InChI=1S/C15H30O9/c1-7(23-10(4-16)13(20)9(3)18)6-22-15-8(2)12(19)14(21)11(5-17)24-15/h7-21H,4-6H2,1-3H3/t7-,8?,9-,10?,11+,12?,13+,14-,15-/m1/s1. The molecule has 0 radical (unpaired) electrons. The van der Waals surface area contributed by atoms with Crippen molar-refractivity contribution >= 4 is 0 Å².